The van der Waals surface area contributed by atoms with Crippen LogP contribution in [-0.4, -0.2) is 68.8 Å². The molecule has 0 spiro atoms. The van der Waals surface area contributed by atoms with Gasteiger partial charge in [0.1, 0.15) is 11.7 Å². The summed E-state index contributed by atoms with van der Waals surface area (Å²) in [6.45, 7) is 3.07. The molecule has 46 heavy (non-hydrogen) atoms. The first-order valence-corrected chi connectivity index (χ1v) is 17.4. The summed E-state index contributed by atoms with van der Waals surface area (Å²) in [5, 5.41) is 6.43. The number of anilines is 2. The number of hydrogen-bond acceptors (Lipinski definition) is 8. The van der Waals surface area contributed by atoms with Crippen LogP contribution in [-0.2, 0) is 26.5 Å². The Balaban J connectivity index is 0.00000417. The zero-order valence-corrected chi connectivity index (χ0v) is 27.9. The molecule has 0 amide bonds. The van der Waals surface area contributed by atoms with Crippen molar-refractivity contribution in [3.8, 4) is 0 Å². The van der Waals surface area contributed by atoms with E-state index in [1.54, 1.807) is 72.8 Å². The largest absolute Gasteiger partial charge is 0.368 e. The van der Waals surface area contributed by atoms with Gasteiger partial charge in [0, 0.05) is 38.3 Å². The standard InChI is InChI=1S/C33H34N6O4S2.ClH/c1-38(28-11-7-26(8-12-28)32-34-19-20-35-32)44(40,41)30-15-3-24(4-16-30)23-25-5-17-31(18-6-25)45(42,43)39(2)29-13-9-27(10-14-29)33-36-21-22-37-33;/h3-18H,19-23H2,1-2H3,(H,34,35)(H,36,37);1H. The van der Waals surface area contributed by atoms with Gasteiger partial charge in [0.15, 0.2) is 0 Å². The number of aliphatic imine (C=N–C) groups is 2. The first kappa shape index (κ1) is 33.0. The van der Waals surface area contributed by atoms with Crippen molar-refractivity contribution in [3.05, 3.63) is 119 Å². The third-order valence-corrected chi connectivity index (χ3v) is 11.5. The number of benzene rings is 4. The molecule has 2 heterocycles. The Morgan fingerprint density at radius 3 is 1.22 bits per heavy atom. The molecule has 0 aliphatic carbocycles. The number of amidine groups is 2. The Morgan fingerprint density at radius 2 is 0.913 bits per heavy atom. The molecule has 0 saturated heterocycles. The molecule has 2 aliphatic rings. The van der Waals surface area contributed by atoms with Crippen LogP contribution in [0.15, 0.2) is 117 Å². The fraction of sp³-hybridized carbons (Fsp3) is 0.212. The van der Waals surface area contributed by atoms with Crippen LogP contribution in [0, 0.1) is 0 Å². The Labute approximate surface area is 276 Å². The van der Waals surface area contributed by atoms with E-state index in [9.17, 15) is 16.8 Å². The van der Waals surface area contributed by atoms with Crippen LogP contribution in [0.25, 0.3) is 0 Å². The van der Waals surface area contributed by atoms with Crippen molar-refractivity contribution >= 4 is 55.5 Å². The van der Waals surface area contributed by atoms with Gasteiger partial charge in [0.05, 0.1) is 34.3 Å². The van der Waals surface area contributed by atoms with Crippen LogP contribution in [0.5, 0.6) is 0 Å². The van der Waals surface area contributed by atoms with Crippen LogP contribution < -0.4 is 19.2 Å². The molecule has 0 fully saturated rings. The van der Waals surface area contributed by atoms with Crippen molar-refractivity contribution in [1.29, 1.82) is 0 Å². The highest BCUT2D eigenvalue weighted by molar-refractivity contribution is 7.93. The summed E-state index contributed by atoms with van der Waals surface area (Å²) >= 11 is 0. The van der Waals surface area contributed by atoms with Gasteiger partial charge in [0.2, 0.25) is 0 Å². The highest BCUT2D eigenvalue weighted by atomic mass is 35.5. The molecule has 0 atom stereocenters. The lowest BCUT2D eigenvalue weighted by molar-refractivity contribution is 0.592. The molecule has 0 aromatic heterocycles. The lowest BCUT2D eigenvalue weighted by atomic mass is 10.1. The van der Waals surface area contributed by atoms with Gasteiger partial charge in [-0.15, -0.1) is 12.4 Å². The minimum Gasteiger partial charge on any atom is -0.368 e. The summed E-state index contributed by atoms with van der Waals surface area (Å²) < 4.78 is 55.9. The number of rotatable bonds is 10. The van der Waals surface area contributed by atoms with Crippen LogP contribution in [0.1, 0.15) is 22.3 Å². The maximum atomic E-state index is 13.3. The summed E-state index contributed by atoms with van der Waals surface area (Å²) in [6, 6.07) is 28.0. The summed E-state index contributed by atoms with van der Waals surface area (Å²) in [5.41, 5.74) is 4.75. The van der Waals surface area contributed by atoms with Crippen LogP contribution >= 0.6 is 12.4 Å². The molecule has 6 rings (SSSR count). The van der Waals surface area contributed by atoms with Crippen molar-refractivity contribution in [2.75, 3.05) is 48.9 Å². The monoisotopic (exact) mass is 678 g/mol. The topological polar surface area (TPSA) is 124 Å². The fourth-order valence-electron chi connectivity index (χ4n) is 5.23. The van der Waals surface area contributed by atoms with E-state index >= 15 is 0 Å². The lowest BCUT2D eigenvalue weighted by Gasteiger charge is -2.20. The molecule has 240 valence electrons. The van der Waals surface area contributed by atoms with Crippen molar-refractivity contribution in [2.24, 2.45) is 9.98 Å². The molecule has 13 heteroatoms. The predicted octanol–water partition coefficient (Wildman–Crippen LogP) is 4.05. The van der Waals surface area contributed by atoms with Crippen LogP contribution in [0.4, 0.5) is 11.4 Å². The molecule has 2 aliphatic heterocycles. The molecule has 4 aromatic carbocycles. The van der Waals surface area contributed by atoms with E-state index in [2.05, 4.69) is 20.6 Å². The second-order valence-electron chi connectivity index (χ2n) is 10.8. The van der Waals surface area contributed by atoms with Gasteiger partial charge in [-0.25, -0.2) is 16.8 Å². The highest BCUT2D eigenvalue weighted by Gasteiger charge is 2.23. The molecular formula is C33H35ClN6O4S2. The highest BCUT2D eigenvalue weighted by Crippen LogP contribution is 2.26. The molecule has 0 bridgehead atoms. The zero-order valence-electron chi connectivity index (χ0n) is 25.4. The van der Waals surface area contributed by atoms with Gasteiger partial charge in [0.25, 0.3) is 20.0 Å². The van der Waals surface area contributed by atoms with Crippen LogP contribution in [0.3, 0.4) is 0 Å². The van der Waals surface area contributed by atoms with E-state index in [0.29, 0.717) is 17.8 Å². The first-order chi connectivity index (χ1) is 21.6. The third kappa shape index (κ3) is 6.74. The average molecular weight is 679 g/mol. The van der Waals surface area contributed by atoms with E-state index < -0.39 is 20.0 Å². The summed E-state index contributed by atoms with van der Waals surface area (Å²) in [4.78, 5) is 9.17. The minimum absolute atomic E-state index is 0. The molecule has 2 N–H and O–H groups in total. The van der Waals surface area contributed by atoms with E-state index in [0.717, 1.165) is 60.1 Å². The quantitative estimate of drug-likeness (QED) is 0.261. The smallest absolute Gasteiger partial charge is 0.264 e. The number of sulfonamides is 2. The second kappa shape index (κ2) is 13.5. The zero-order chi connectivity index (χ0) is 31.6. The van der Waals surface area contributed by atoms with E-state index in [-0.39, 0.29) is 22.2 Å². The Hall–Kier alpha value is -4.39. The van der Waals surface area contributed by atoms with E-state index in [4.69, 9.17) is 0 Å². The Kier molecular flexibility index (Phi) is 9.71. The third-order valence-electron chi connectivity index (χ3n) is 7.93. The number of nitrogens with zero attached hydrogens (tertiary/aromatic N) is 4. The van der Waals surface area contributed by atoms with E-state index in [1.807, 2.05) is 24.3 Å². The van der Waals surface area contributed by atoms with Gasteiger partial charge in [-0.2, -0.15) is 0 Å². The lowest BCUT2D eigenvalue weighted by Crippen LogP contribution is -2.26. The van der Waals surface area contributed by atoms with Crippen molar-refractivity contribution in [3.63, 3.8) is 0 Å². The molecular weight excluding hydrogens is 644 g/mol. The minimum atomic E-state index is -3.77. The van der Waals surface area contributed by atoms with Gasteiger partial charge < -0.3 is 10.6 Å². The average Bonchev–Trinajstić information content (AvgIpc) is 3.81. The molecule has 10 nitrogen and oxygen atoms in total. The van der Waals surface area contributed by atoms with Crippen LogP contribution in [0.2, 0.25) is 0 Å². The number of halogens is 1. The fourth-order valence-corrected chi connectivity index (χ4v) is 7.62. The number of nitrogens with one attached hydrogen (secondary N) is 2. The molecule has 0 radical (unpaired) electrons. The maximum absolute atomic E-state index is 13.3. The summed E-state index contributed by atoms with van der Waals surface area (Å²) in [6.07, 6.45) is 0.519. The SMILES string of the molecule is CN(c1ccc(C2=NCCN2)cc1)S(=O)(=O)c1ccc(Cc2ccc(S(=O)(=O)N(C)c3ccc(C4=NCCN4)cc3)cc2)cc1.Cl. The summed E-state index contributed by atoms with van der Waals surface area (Å²) in [7, 11) is -4.46. The Bertz CT molecular complexity index is 1820. The van der Waals surface area contributed by atoms with E-state index in [1.165, 1.54) is 22.7 Å². The van der Waals surface area contributed by atoms with Crippen molar-refractivity contribution in [2.45, 2.75) is 16.2 Å². The predicted molar refractivity (Wildman–Crippen MR) is 186 cm³/mol. The molecule has 0 unspecified atom stereocenters. The maximum Gasteiger partial charge on any atom is 0.264 e. The normalized spacial score (nSPS) is 14.4. The Morgan fingerprint density at radius 1 is 0.565 bits per heavy atom. The number of hydrogen-bond donors (Lipinski definition) is 2. The summed E-state index contributed by atoms with van der Waals surface area (Å²) in [5.74, 6) is 1.64. The van der Waals surface area contributed by atoms with Crippen molar-refractivity contribution in [1.82, 2.24) is 10.6 Å². The first-order valence-electron chi connectivity index (χ1n) is 14.6. The molecule has 4 aromatic rings. The van der Waals surface area contributed by atoms with Gasteiger partial charge in [-0.3, -0.25) is 18.6 Å². The molecule has 0 saturated carbocycles. The van der Waals surface area contributed by atoms with Gasteiger partial charge >= 0.3 is 0 Å². The second-order valence-corrected chi connectivity index (χ2v) is 14.8. The van der Waals surface area contributed by atoms with Gasteiger partial charge in [-0.05, 0) is 90.3 Å². The van der Waals surface area contributed by atoms with Gasteiger partial charge in [-0.1, -0.05) is 24.3 Å². The van der Waals surface area contributed by atoms with Crippen molar-refractivity contribution < 1.29 is 16.8 Å².